The number of rotatable bonds is 4. The number of hydrogen-bond acceptors (Lipinski definition) is 2. The highest BCUT2D eigenvalue weighted by Gasteiger charge is 2.26. The standard InChI is InChI=1S/C14H23NS/c1-6-15-13(14(2,3)4)11-9-7-8-10-12(11)16-5/h7-10,13,15H,6H2,1-5H3. The topological polar surface area (TPSA) is 12.0 Å². The predicted molar refractivity (Wildman–Crippen MR) is 74.1 cm³/mol. The minimum Gasteiger partial charge on any atom is -0.310 e. The predicted octanol–water partition coefficient (Wildman–Crippen LogP) is 4.11. The Labute approximate surface area is 104 Å². The molecule has 0 bridgehead atoms. The van der Waals surface area contributed by atoms with Gasteiger partial charge in [-0.2, -0.15) is 0 Å². The Morgan fingerprint density at radius 3 is 2.38 bits per heavy atom. The third-order valence-electron chi connectivity index (χ3n) is 2.72. The second-order valence-electron chi connectivity index (χ2n) is 5.10. The highest BCUT2D eigenvalue weighted by molar-refractivity contribution is 7.98. The molecule has 0 saturated heterocycles. The average Bonchev–Trinajstić information content (AvgIpc) is 2.24. The maximum Gasteiger partial charge on any atom is 0.0380 e. The lowest BCUT2D eigenvalue weighted by molar-refractivity contribution is 0.273. The van der Waals surface area contributed by atoms with Gasteiger partial charge in [0.25, 0.3) is 0 Å². The van der Waals surface area contributed by atoms with Crippen molar-refractivity contribution in [1.82, 2.24) is 5.32 Å². The molecular formula is C14H23NS. The van der Waals surface area contributed by atoms with Gasteiger partial charge >= 0.3 is 0 Å². The van der Waals surface area contributed by atoms with E-state index < -0.39 is 0 Å². The van der Waals surface area contributed by atoms with Crippen LogP contribution in [-0.2, 0) is 0 Å². The Morgan fingerprint density at radius 2 is 1.88 bits per heavy atom. The van der Waals surface area contributed by atoms with Crippen molar-refractivity contribution in [2.75, 3.05) is 12.8 Å². The van der Waals surface area contributed by atoms with E-state index in [0.717, 1.165) is 6.54 Å². The van der Waals surface area contributed by atoms with Crippen molar-refractivity contribution in [1.29, 1.82) is 0 Å². The number of benzene rings is 1. The summed E-state index contributed by atoms with van der Waals surface area (Å²) in [6.07, 6.45) is 2.14. The fraction of sp³-hybridized carbons (Fsp3) is 0.571. The van der Waals surface area contributed by atoms with E-state index in [0.29, 0.717) is 6.04 Å². The maximum atomic E-state index is 3.60. The number of thioether (sulfide) groups is 1. The summed E-state index contributed by atoms with van der Waals surface area (Å²) in [5.41, 5.74) is 1.66. The summed E-state index contributed by atoms with van der Waals surface area (Å²) in [6.45, 7) is 10.0. The first-order valence-electron chi connectivity index (χ1n) is 5.87. The van der Waals surface area contributed by atoms with Gasteiger partial charge in [0, 0.05) is 10.9 Å². The van der Waals surface area contributed by atoms with E-state index in [1.54, 1.807) is 0 Å². The normalized spacial score (nSPS) is 13.8. The summed E-state index contributed by atoms with van der Waals surface area (Å²) in [6, 6.07) is 9.10. The molecule has 0 aliphatic carbocycles. The van der Waals surface area contributed by atoms with Gasteiger partial charge in [-0.3, -0.25) is 0 Å². The molecule has 1 atom stereocenters. The molecule has 0 aliphatic rings. The minimum absolute atomic E-state index is 0.238. The molecule has 90 valence electrons. The third kappa shape index (κ3) is 3.26. The Hall–Kier alpha value is -0.470. The third-order valence-corrected chi connectivity index (χ3v) is 3.54. The summed E-state index contributed by atoms with van der Waals surface area (Å²) < 4.78 is 0. The van der Waals surface area contributed by atoms with Crippen molar-refractivity contribution in [3.63, 3.8) is 0 Å². The Morgan fingerprint density at radius 1 is 1.25 bits per heavy atom. The molecular weight excluding hydrogens is 214 g/mol. The van der Waals surface area contributed by atoms with Crippen LogP contribution in [0.15, 0.2) is 29.2 Å². The van der Waals surface area contributed by atoms with E-state index in [-0.39, 0.29) is 5.41 Å². The first-order valence-corrected chi connectivity index (χ1v) is 7.09. The molecule has 1 unspecified atom stereocenters. The molecule has 1 nitrogen and oxygen atoms in total. The molecule has 0 aliphatic heterocycles. The van der Waals surface area contributed by atoms with Gasteiger partial charge in [0.15, 0.2) is 0 Å². The summed E-state index contributed by atoms with van der Waals surface area (Å²) in [5.74, 6) is 0. The van der Waals surface area contributed by atoms with Crippen LogP contribution in [0.3, 0.4) is 0 Å². The molecule has 0 spiro atoms. The van der Waals surface area contributed by atoms with E-state index in [1.165, 1.54) is 10.5 Å². The van der Waals surface area contributed by atoms with Crippen molar-refractivity contribution < 1.29 is 0 Å². The molecule has 0 amide bonds. The largest absolute Gasteiger partial charge is 0.310 e. The van der Waals surface area contributed by atoms with Crippen LogP contribution in [0.2, 0.25) is 0 Å². The van der Waals surface area contributed by atoms with Crippen LogP contribution in [0.4, 0.5) is 0 Å². The SMILES string of the molecule is CCNC(c1ccccc1SC)C(C)(C)C. The summed E-state index contributed by atoms with van der Waals surface area (Å²) in [7, 11) is 0. The summed E-state index contributed by atoms with van der Waals surface area (Å²) in [5, 5.41) is 3.60. The van der Waals surface area contributed by atoms with E-state index in [9.17, 15) is 0 Å². The van der Waals surface area contributed by atoms with E-state index in [2.05, 4.69) is 63.5 Å². The van der Waals surface area contributed by atoms with Gasteiger partial charge < -0.3 is 5.32 Å². The van der Waals surface area contributed by atoms with Gasteiger partial charge in [0.2, 0.25) is 0 Å². The quantitative estimate of drug-likeness (QED) is 0.791. The molecule has 0 heterocycles. The summed E-state index contributed by atoms with van der Waals surface area (Å²) >= 11 is 1.83. The molecule has 1 aromatic carbocycles. The number of hydrogen-bond donors (Lipinski definition) is 1. The smallest absolute Gasteiger partial charge is 0.0380 e. The van der Waals surface area contributed by atoms with Crippen molar-refractivity contribution in [2.24, 2.45) is 5.41 Å². The van der Waals surface area contributed by atoms with Gasteiger partial charge in [-0.15, -0.1) is 11.8 Å². The maximum absolute atomic E-state index is 3.60. The van der Waals surface area contributed by atoms with E-state index >= 15 is 0 Å². The molecule has 1 N–H and O–H groups in total. The fourth-order valence-electron chi connectivity index (χ4n) is 1.99. The molecule has 0 aromatic heterocycles. The molecule has 2 heteroatoms. The molecule has 0 radical (unpaired) electrons. The first kappa shape index (κ1) is 13.6. The van der Waals surface area contributed by atoms with Crippen LogP contribution in [-0.4, -0.2) is 12.8 Å². The van der Waals surface area contributed by atoms with Gasteiger partial charge in [-0.1, -0.05) is 45.9 Å². The molecule has 1 rings (SSSR count). The molecule has 1 aromatic rings. The van der Waals surface area contributed by atoms with Crippen molar-refractivity contribution >= 4 is 11.8 Å². The lowest BCUT2D eigenvalue weighted by atomic mass is 9.82. The second kappa shape index (κ2) is 5.74. The lowest BCUT2D eigenvalue weighted by Crippen LogP contribution is -2.32. The molecule has 0 saturated carbocycles. The van der Waals surface area contributed by atoms with Crippen LogP contribution in [0.1, 0.15) is 39.3 Å². The van der Waals surface area contributed by atoms with Crippen LogP contribution < -0.4 is 5.32 Å². The van der Waals surface area contributed by atoms with Gasteiger partial charge in [-0.05, 0) is 29.8 Å². The lowest BCUT2D eigenvalue weighted by Gasteiger charge is -2.33. The molecule has 16 heavy (non-hydrogen) atoms. The van der Waals surface area contributed by atoms with Crippen molar-refractivity contribution in [2.45, 2.75) is 38.6 Å². The first-order chi connectivity index (χ1) is 7.50. The average molecular weight is 237 g/mol. The van der Waals surface area contributed by atoms with Crippen LogP contribution in [0.5, 0.6) is 0 Å². The zero-order valence-electron chi connectivity index (χ0n) is 11.0. The van der Waals surface area contributed by atoms with Crippen LogP contribution in [0.25, 0.3) is 0 Å². The van der Waals surface area contributed by atoms with Crippen molar-refractivity contribution in [3.05, 3.63) is 29.8 Å². The van der Waals surface area contributed by atoms with Crippen LogP contribution in [0, 0.1) is 5.41 Å². The Balaban J connectivity index is 3.10. The monoisotopic (exact) mass is 237 g/mol. The van der Waals surface area contributed by atoms with Gasteiger partial charge in [0.05, 0.1) is 0 Å². The van der Waals surface area contributed by atoms with Crippen LogP contribution >= 0.6 is 11.8 Å². The molecule has 0 fully saturated rings. The second-order valence-corrected chi connectivity index (χ2v) is 5.95. The Bertz CT molecular complexity index is 328. The minimum atomic E-state index is 0.238. The summed E-state index contributed by atoms with van der Waals surface area (Å²) in [4.78, 5) is 1.38. The fourth-order valence-corrected chi connectivity index (χ4v) is 2.63. The highest BCUT2D eigenvalue weighted by atomic mass is 32.2. The zero-order chi connectivity index (χ0) is 12.2. The number of nitrogens with one attached hydrogen (secondary N) is 1. The zero-order valence-corrected chi connectivity index (χ0v) is 11.8. The van der Waals surface area contributed by atoms with E-state index in [4.69, 9.17) is 0 Å². The Kier molecular flexibility index (Phi) is 4.88. The highest BCUT2D eigenvalue weighted by Crippen LogP contribution is 2.36. The van der Waals surface area contributed by atoms with E-state index in [1.807, 2.05) is 11.8 Å². The van der Waals surface area contributed by atoms with Gasteiger partial charge in [-0.25, -0.2) is 0 Å². The van der Waals surface area contributed by atoms with Gasteiger partial charge in [0.1, 0.15) is 0 Å². The van der Waals surface area contributed by atoms with Crippen molar-refractivity contribution in [3.8, 4) is 0 Å².